The highest BCUT2D eigenvalue weighted by molar-refractivity contribution is 7.99. The summed E-state index contributed by atoms with van der Waals surface area (Å²) >= 11 is 1.26. The van der Waals surface area contributed by atoms with E-state index in [0.29, 0.717) is 16.5 Å². The van der Waals surface area contributed by atoms with E-state index in [1.807, 2.05) is 60.0 Å². The van der Waals surface area contributed by atoms with Gasteiger partial charge in [-0.3, -0.25) is 4.79 Å². The second-order valence-electron chi connectivity index (χ2n) is 8.06. The molecule has 1 amide bonds. The number of carboxylic acids is 1. The van der Waals surface area contributed by atoms with Gasteiger partial charge in [0.2, 0.25) is 0 Å². The maximum atomic E-state index is 12.5. The van der Waals surface area contributed by atoms with Crippen LogP contribution in [0.15, 0.2) is 83.1 Å². The topological polar surface area (TPSA) is 130 Å². The molecule has 0 aliphatic rings. The Labute approximate surface area is 223 Å². The zero-order valence-electron chi connectivity index (χ0n) is 20.7. The number of carbonyl (C=O) groups excluding carboxylic acids is 1. The van der Waals surface area contributed by atoms with Gasteiger partial charge in [0.1, 0.15) is 17.2 Å². The number of nitrogens with zero attached hydrogens (tertiary/aromatic N) is 3. The molecule has 0 unspecified atom stereocenters. The fourth-order valence-electron chi connectivity index (χ4n) is 3.46. The molecule has 194 valence electrons. The monoisotopic (exact) mass is 532 g/mol. The smallest absolute Gasteiger partial charge is 0.342 e. The third-order valence-electron chi connectivity index (χ3n) is 5.32. The van der Waals surface area contributed by atoms with E-state index in [-0.39, 0.29) is 11.7 Å². The van der Waals surface area contributed by atoms with Gasteiger partial charge in [-0.15, -0.1) is 5.10 Å². The van der Waals surface area contributed by atoms with Crippen LogP contribution in [0.3, 0.4) is 0 Å². The third kappa shape index (κ3) is 6.77. The van der Waals surface area contributed by atoms with Crippen molar-refractivity contribution in [3.63, 3.8) is 0 Å². The van der Waals surface area contributed by atoms with Crippen LogP contribution < -0.4 is 19.5 Å². The van der Waals surface area contributed by atoms with E-state index in [4.69, 9.17) is 14.6 Å². The normalized spacial score (nSPS) is 10.9. The number of carbonyl (C=O) groups is 2. The number of hydrogen-bond acceptors (Lipinski definition) is 7. The summed E-state index contributed by atoms with van der Waals surface area (Å²) in [6, 6.07) is 22.5. The maximum Gasteiger partial charge on any atom is 0.342 e. The summed E-state index contributed by atoms with van der Waals surface area (Å²) in [5.41, 5.74) is 5.96. The molecule has 0 aliphatic heterocycles. The SMILES string of the molecule is COc1ccc(-c2[nH]nc(SCC(=O)N/N=C/c3ccccc3OCC(=O)O)[n+]2-c2ccc(C)cc2)cc1. The first-order valence-corrected chi connectivity index (χ1v) is 12.5. The first-order chi connectivity index (χ1) is 18.4. The zero-order valence-corrected chi connectivity index (χ0v) is 21.6. The van der Waals surface area contributed by atoms with Gasteiger partial charge in [0.05, 0.1) is 29.7 Å². The van der Waals surface area contributed by atoms with E-state index < -0.39 is 12.6 Å². The first kappa shape index (κ1) is 26.4. The fourth-order valence-corrected chi connectivity index (χ4v) is 4.22. The van der Waals surface area contributed by atoms with Crippen molar-refractivity contribution in [2.45, 2.75) is 12.1 Å². The molecule has 10 nitrogen and oxygen atoms in total. The van der Waals surface area contributed by atoms with Crippen LogP contribution in [-0.2, 0) is 9.59 Å². The predicted molar refractivity (Wildman–Crippen MR) is 143 cm³/mol. The molecule has 0 spiro atoms. The molecule has 0 atom stereocenters. The number of aryl methyl sites for hydroxylation is 1. The van der Waals surface area contributed by atoms with Crippen molar-refractivity contribution in [3.05, 3.63) is 83.9 Å². The molecule has 1 heterocycles. The van der Waals surface area contributed by atoms with Crippen LogP contribution in [0.25, 0.3) is 17.1 Å². The van der Waals surface area contributed by atoms with Crippen molar-refractivity contribution >= 4 is 29.9 Å². The Balaban J connectivity index is 1.47. The number of rotatable bonds is 11. The highest BCUT2D eigenvalue weighted by atomic mass is 32.2. The molecule has 0 radical (unpaired) electrons. The lowest BCUT2D eigenvalue weighted by Crippen LogP contribution is -2.34. The number of hydrazone groups is 1. The number of methoxy groups -OCH3 is 1. The number of H-pyrrole nitrogens is 1. The fraction of sp³-hybridized carbons (Fsp3) is 0.148. The summed E-state index contributed by atoms with van der Waals surface area (Å²) in [6.45, 7) is 1.54. The van der Waals surface area contributed by atoms with Crippen LogP contribution >= 0.6 is 11.8 Å². The molecule has 4 rings (SSSR count). The molecular formula is C27H26N5O5S+. The summed E-state index contributed by atoms with van der Waals surface area (Å²) in [5.74, 6) is 0.503. The molecule has 0 aliphatic carbocycles. The molecule has 3 N–H and O–H groups in total. The Bertz CT molecular complexity index is 1440. The lowest BCUT2D eigenvalue weighted by molar-refractivity contribution is -0.625. The molecule has 0 bridgehead atoms. The number of aromatic nitrogens is 3. The molecule has 4 aromatic rings. The summed E-state index contributed by atoms with van der Waals surface area (Å²) in [5, 5.41) is 21.0. The number of thioether (sulfide) groups is 1. The second kappa shape index (κ2) is 12.5. The quantitative estimate of drug-likeness (QED) is 0.117. The first-order valence-electron chi connectivity index (χ1n) is 11.5. The molecule has 0 fully saturated rings. The average molecular weight is 533 g/mol. The highest BCUT2D eigenvalue weighted by Crippen LogP contribution is 2.23. The van der Waals surface area contributed by atoms with Crippen LogP contribution in [0.1, 0.15) is 11.1 Å². The molecule has 1 aromatic heterocycles. The van der Waals surface area contributed by atoms with Gasteiger partial charge in [-0.2, -0.15) is 9.67 Å². The number of hydrogen-bond donors (Lipinski definition) is 3. The van der Waals surface area contributed by atoms with Crippen LogP contribution in [0.2, 0.25) is 0 Å². The number of amides is 1. The molecule has 11 heteroatoms. The molecule has 3 aromatic carbocycles. The van der Waals surface area contributed by atoms with Gasteiger partial charge in [0.25, 0.3) is 11.7 Å². The minimum absolute atomic E-state index is 0.0628. The summed E-state index contributed by atoms with van der Waals surface area (Å²) in [6.07, 6.45) is 1.41. The average Bonchev–Trinajstić information content (AvgIpc) is 3.35. The Hall–Kier alpha value is -4.64. The summed E-state index contributed by atoms with van der Waals surface area (Å²) in [4.78, 5) is 23.3. The molecular weight excluding hydrogens is 506 g/mol. The van der Waals surface area contributed by atoms with Crippen molar-refractivity contribution in [1.29, 1.82) is 0 Å². The Kier molecular flexibility index (Phi) is 8.73. The van der Waals surface area contributed by atoms with Crippen molar-refractivity contribution in [2.24, 2.45) is 5.10 Å². The molecule has 38 heavy (non-hydrogen) atoms. The maximum absolute atomic E-state index is 12.5. The van der Waals surface area contributed by atoms with Gasteiger partial charge in [-0.1, -0.05) is 29.8 Å². The van der Waals surface area contributed by atoms with Crippen molar-refractivity contribution in [1.82, 2.24) is 15.6 Å². The van der Waals surface area contributed by atoms with Gasteiger partial charge in [0.15, 0.2) is 6.61 Å². The summed E-state index contributed by atoms with van der Waals surface area (Å²) < 4.78 is 12.5. The standard InChI is InChI=1S/C27H25N5O5S/c1-18-7-11-21(12-8-18)32-26(19-9-13-22(36-2)14-10-19)30-31-27(32)38-17-24(33)29-28-15-20-5-3-4-6-23(20)37-16-25(34)35/h3-15H,16-17H2,1-2H3,(H2,29,33,34,35)/p+1/b28-15+. The third-order valence-corrected chi connectivity index (χ3v) is 6.26. The zero-order chi connectivity index (χ0) is 26.9. The number of aliphatic carboxylic acids is 1. The number of carboxylic acid groups (broad SMARTS) is 1. The second-order valence-corrected chi connectivity index (χ2v) is 9.00. The minimum Gasteiger partial charge on any atom is -0.497 e. The van der Waals surface area contributed by atoms with E-state index in [2.05, 4.69) is 20.7 Å². The highest BCUT2D eigenvalue weighted by Gasteiger charge is 2.24. The Morgan fingerprint density at radius 2 is 1.84 bits per heavy atom. The van der Waals surface area contributed by atoms with Crippen LogP contribution in [-0.4, -0.2) is 52.9 Å². The largest absolute Gasteiger partial charge is 0.497 e. The van der Waals surface area contributed by atoms with E-state index in [1.54, 1.807) is 31.4 Å². The van der Waals surface area contributed by atoms with E-state index in [1.165, 1.54) is 18.0 Å². The molecule has 0 saturated carbocycles. The van der Waals surface area contributed by atoms with Gasteiger partial charge in [0, 0.05) is 5.56 Å². The number of para-hydroxylation sites is 1. The number of benzene rings is 3. The van der Waals surface area contributed by atoms with Gasteiger partial charge >= 0.3 is 11.1 Å². The minimum atomic E-state index is -1.08. The van der Waals surface area contributed by atoms with Crippen LogP contribution in [0, 0.1) is 6.92 Å². The van der Waals surface area contributed by atoms with E-state index >= 15 is 0 Å². The Morgan fingerprint density at radius 1 is 1.11 bits per heavy atom. The van der Waals surface area contributed by atoms with Crippen molar-refractivity contribution < 1.29 is 28.7 Å². The van der Waals surface area contributed by atoms with Crippen molar-refractivity contribution in [2.75, 3.05) is 19.5 Å². The van der Waals surface area contributed by atoms with E-state index in [0.717, 1.165) is 28.4 Å². The van der Waals surface area contributed by atoms with Crippen molar-refractivity contribution in [3.8, 4) is 28.6 Å². The Morgan fingerprint density at radius 3 is 2.55 bits per heavy atom. The summed E-state index contributed by atoms with van der Waals surface area (Å²) in [7, 11) is 1.62. The van der Waals surface area contributed by atoms with Gasteiger partial charge in [-0.05, 0) is 67.2 Å². The predicted octanol–water partition coefficient (Wildman–Crippen LogP) is 3.38. The van der Waals surface area contributed by atoms with Gasteiger partial charge < -0.3 is 14.6 Å². The van der Waals surface area contributed by atoms with Crippen LogP contribution in [0.4, 0.5) is 0 Å². The number of nitrogens with one attached hydrogen (secondary N) is 2. The lowest BCUT2D eigenvalue weighted by atomic mass is 10.2. The van der Waals surface area contributed by atoms with Crippen LogP contribution in [0.5, 0.6) is 11.5 Å². The van der Waals surface area contributed by atoms with Gasteiger partial charge in [-0.25, -0.2) is 10.2 Å². The molecule has 0 saturated heterocycles. The number of aromatic amines is 1. The number of ether oxygens (including phenoxy) is 2. The van der Waals surface area contributed by atoms with E-state index in [9.17, 15) is 9.59 Å². The lowest BCUT2D eigenvalue weighted by Gasteiger charge is -2.06.